The average Bonchev–Trinajstić information content (AvgIpc) is 2.81. The molecule has 4 nitrogen and oxygen atoms in total. The standard InChI is InChI=1S/C14H16N2O2/c1-3-14(2,9-15)13(17)16-11-8-18-12-7-5-4-6-10(11)12/h4-7,11H,3,8H2,1-2H3,(H,16,17). The Morgan fingerprint density at radius 1 is 1.61 bits per heavy atom. The lowest BCUT2D eigenvalue weighted by Crippen LogP contribution is -2.40. The maximum atomic E-state index is 12.1. The first-order valence-electron chi connectivity index (χ1n) is 6.04. The Kier molecular flexibility index (Phi) is 3.24. The first-order chi connectivity index (χ1) is 8.60. The molecule has 0 saturated carbocycles. The number of ether oxygens (including phenoxy) is 1. The Balaban J connectivity index is 2.14. The molecule has 1 aliphatic heterocycles. The van der Waals surface area contributed by atoms with E-state index in [-0.39, 0.29) is 11.9 Å². The van der Waals surface area contributed by atoms with Gasteiger partial charge in [-0.3, -0.25) is 4.79 Å². The number of nitriles is 1. The molecule has 0 aliphatic carbocycles. The number of hydrogen-bond acceptors (Lipinski definition) is 3. The van der Waals surface area contributed by atoms with Crippen molar-refractivity contribution in [2.45, 2.75) is 26.3 Å². The maximum Gasteiger partial charge on any atom is 0.240 e. The van der Waals surface area contributed by atoms with Crippen LogP contribution >= 0.6 is 0 Å². The highest BCUT2D eigenvalue weighted by Crippen LogP contribution is 2.32. The summed E-state index contributed by atoms with van der Waals surface area (Å²) >= 11 is 0. The van der Waals surface area contributed by atoms with E-state index < -0.39 is 5.41 Å². The fraction of sp³-hybridized carbons (Fsp3) is 0.429. The van der Waals surface area contributed by atoms with Crippen LogP contribution < -0.4 is 10.1 Å². The van der Waals surface area contributed by atoms with Crippen molar-refractivity contribution in [3.8, 4) is 11.8 Å². The predicted octanol–water partition coefficient (Wildman–Crippen LogP) is 2.18. The Labute approximate surface area is 107 Å². The van der Waals surface area contributed by atoms with Crippen molar-refractivity contribution in [3.63, 3.8) is 0 Å². The van der Waals surface area contributed by atoms with Gasteiger partial charge in [0.2, 0.25) is 5.91 Å². The van der Waals surface area contributed by atoms with E-state index in [0.29, 0.717) is 13.0 Å². The van der Waals surface area contributed by atoms with Crippen LogP contribution in [0.15, 0.2) is 24.3 Å². The number of hydrogen-bond donors (Lipinski definition) is 1. The highest BCUT2D eigenvalue weighted by Gasteiger charge is 2.34. The SMILES string of the molecule is CCC(C)(C#N)C(=O)NC1COc2ccccc21. The van der Waals surface area contributed by atoms with Crippen molar-refractivity contribution in [3.05, 3.63) is 29.8 Å². The van der Waals surface area contributed by atoms with Crippen molar-refractivity contribution < 1.29 is 9.53 Å². The van der Waals surface area contributed by atoms with Gasteiger partial charge in [0.05, 0.1) is 12.1 Å². The lowest BCUT2D eigenvalue weighted by Gasteiger charge is -2.21. The summed E-state index contributed by atoms with van der Waals surface area (Å²) in [5.41, 5.74) is -0.000370. The van der Waals surface area contributed by atoms with Crippen molar-refractivity contribution >= 4 is 5.91 Å². The molecule has 4 heteroatoms. The molecule has 94 valence electrons. The van der Waals surface area contributed by atoms with Crippen LogP contribution in [0.1, 0.15) is 31.9 Å². The van der Waals surface area contributed by atoms with Gasteiger partial charge in [-0.25, -0.2) is 0 Å². The van der Waals surface area contributed by atoms with Crippen LogP contribution in [0.25, 0.3) is 0 Å². The molecule has 0 aromatic heterocycles. The summed E-state index contributed by atoms with van der Waals surface area (Å²) in [5.74, 6) is 0.566. The smallest absolute Gasteiger partial charge is 0.240 e. The Morgan fingerprint density at radius 3 is 3.00 bits per heavy atom. The molecule has 2 atom stereocenters. The van der Waals surface area contributed by atoms with Crippen LogP contribution in [0.3, 0.4) is 0 Å². The Morgan fingerprint density at radius 2 is 2.33 bits per heavy atom. The molecular formula is C14H16N2O2. The van der Waals surface area contributed by atoms with E-state index in [4.69, 9.17) is 10.00 Å². The minimum Gasteiger partial charge on any atom is -0.491 e. The average molecular weight is 244 g/mol. The van der Waals surface area contributed by atoms with Gasteiger partial charge in [0, 0.05) is 5.56 Å². The summed E-state index contributed by atoms with van der Waals surface area (Å²) in [6.45, 7) is 3.92. The van der Waals surface area contributed by atoms with Gasteiger partial charge in [-0.15, -0.1) is 0 Å². The summed E-state index contributed by atoms with van der Waals surface area (Å²) in [6, 6.07) is 9.54. The zero-order chi connectivity index (χ0) is 13.2. The first-order valence-corrected chi connectivity index (χ1v) is 6.04. The van der Waals surface area contributed by atoms with Crippen molar-refractivity contribution in [1.29, 1.82) is 5.26 Å². The molecule has 0 fully saturated rings. The summed E-state index contributed by atoms with van der Waals surface area (Å²) in [6.07, 6.45) is 0.491. The van der Waals surface area contributed by atoms with Gasteiger partial charge in [-0.2, -0.15) is 5.26 Å². The predicted molar refractivity (Wildman–Crippen MR) is 66.8 cm³/mol. The number of nitrogens with zero attached hydrogens (tertiary/aromatic N) is 1. The van der Waals surface area contributed by atoms with Crippen LogP contribution in [0, 0.1) is 16.7 Å². The second-order valence-corrected chi connectivity index (χ2v) is 4.67. The highest BCUT2D eigenvalue weighted by atomic mass is 16.5. The minimum absolute atomic E-state index is 0.159. The van der Waals surface area contributed by atoms with Crippen molar-refractivity contribution in [2.24, 2.45) is 5.41 Å². The van der Waals surface area contributed by atoms with Gasteiger partial charge in [0.25, 0.3) is 0 Å². The molecule has 1 heterocycles. The molecule has 0 bridgehead atoms. The van der Waals surface area contributed by atoms with Gasteiger partial charge >= 0.3 is 0 Å². The van der Waals surface area contributed by atoms with E-state index in [1.807, 2.05) is 31.2 Å². The largest absolute Gasteiger partial charge is 0.491 e. The van der Waals surface area contributed by atoms with Gasteiger partial charge in [-0.1, -0.05) is 25.1 Å². The fourth-order valence-electron chi connectivity index (χ4n) is 1.89. The normalized spacial score (nSPS) is 20.2. The molecule has 0 spiro atoms. The maximum absolute atomic E-state index is 12.1. The second-order valence-electron chi connectivity index (χ2n) is 4.67. The third kappa shape index (κ3) is 2.04. The molecule has 1 amide bonds. The Bertz CT molecular complexity index is 507. The number of rotatable bonds is 3. The van der Waals surface area contributed by atoms with Gasteiger partial charge in [0.1, 0.15) is 17.8 Å². The van der Waals surface area contributed by atoms with Crippen LogP contribution in [-0.4, -0.2) is 12.5 Å². The van der Waals surface area contributed by atoms with E-state index in [1.54, 1.807) is 6.92 Å². The number of benzene rings is 1. The molecule has 1 aliphatic rings. The summed E-state index contributed by atoms with van der Waals surface area (Å²) in [5, 5.41) is 12.0. The van der Waals surface area contributed by atoms with E-state index in [1.165, 1.54) is 0 Å². The van der Waals surface area contributed by atoms with Crippen LogP contribution in [-0.2, 0) is 4.79 Å². The number of nitrogens with one attached hydrogen (secondary N) is 1. The number of carbonyl (C=O) groups is 1. The number of amides is 1. The van der Waals surface area contributed by atoms with E-state index in [9.17, 15) is 4.79 Å². The van der Waals surface area contributed by atoms with E-state index in [2.05, 4.69) is 11.4 Å². The van der Waals surface area contributed by atoms with Crippen LogP contribution in [0.5, 0.6) is 5.75 Å². The third-order valence-corrected chi connectivity index (χ3v) is 3.46. The third-order valence-electron chi connectivity index (χ3n) is 3.46. The molecule has 1 N–H and O–H groups in total. The molecule has 18 heavy (non-hydrogen) atoms. The number of carbonyl (C=O) groups excluding carboxylic acids is 1. The molecular weight excluding hydrogens is 228 g/mol. The minimum atomic E-state index is -0.975. The molecule has 1 aromatic carbocycles. The summed E-state index contributed by atoms with van der Waals surface area (Å²) in [7, 11) is 0. The lowest BCUT2D eigenvalue weighted by molar-refractivity contribution is -0.128. The van der Waals surface area contributed by atoms with E-state index in [0.717, 1.165) is 11.3 Å². The highest BCUT2D eigenvalue weighted by molar-refractivity contribution is 5.85. The first kappa shape index (κ1) is 12.4. The number of fused-ring (bicyclic) bond motifs is 1. The summed E-state index contributed by atoms with van der Waals surface area (Å²) < 4.78 is 5.49. The van der Waals surface area contributed by atoms with Gasteiger partial charge < -0.3 is 10.1 Å². The second kappa shape index (κ2) is 4.69. The Hall–Kier alpha value is -2.02. The zero-order valence-electron chi connectivity index (χ0n) is 10.6. The van der Waals surface area contributed by atoms with Crippen LogP contribution in [0.2, 0.25) is 0 Å². The quantitative estimate of drug-likeness (QED) is 0.886. The number of para-hydroxylation sites is 1. The van der Waals surface area contributed by atoms with Crippen LogP contribution in [0.4, 0.5) is 0 Å². The zero-order valence-corrected chi connectivity index (χ0v) is 10.6. The van der Waals surface area contributed by atoms with Gasteiger partial charge in [-0.05, 0) is 19.4 Å². The molecule has 0 saturated heterocycles. The molecule has 2 rings (SSSR count). The topological polar surface area (TPSA) is 62.1 Å². The van der Waals surface area contributed by atoms with Crippen molar-refractivity contribution in [2.75, 3.05) is 6.61 Å². The summed E-state index contributed by atoms with van der Waals surface area (Å²) in [4.78, 5) is 12.1. The molecule has 2 unspecified atom stereocenters. The monoisotopic (exact) mass is 244 g/mol. The lowest BCUT2D eigenvalue weighted by atomic mass is 9.88. The van der Waals surface area contributed by atoms with E-state index >= 15 is 0 Å². The van der Waals surface area contributed by atoms with Gasteiger partial charge in [0.15, 0.2) is 0 Å². The van der Waals surface area contributed by atoms with Crippen molar-refractivity contribution in [1.82, 2.24) is 5.32 Å². The molecule has 0 radical (unpaired) electrons. The molecule has 1 aromatic rings. The fourth-order valence-corrected chi connectivity index (χ4v) is 1.89.